The average molecular weight is 261 g/mol. The topological polar surface area (TPSA) is 62.2 Å². The van der Waals surface area contributed by atoms with Crippen molar-refractivity contribution in [3.63, 3.8) is 0 Å². The van der Waals surface area contributed by atoms with E-state index < -0.39 is 5.79 Å². The molecule has 108 valence electrons. The Labute approximate surface area is 110 Å². The molecule has 0 aliphatic carbocycles. The lowest BCUT2D eigenvalue weighted by Crippen LogP contribution is -2.62. The summed E-state index contributed by atoms with van der Waals surface area (Å²) < 4.78 is 4.94. The van der Waals surface area contributed by atoms with E-state index >= 15 is 0 Å². The van der Waals surface area contributed by atoms with Gasteiger partial charge < -0.3 is 14.9 Å². The van der Waals surface area contributed by atoms with Gasteiger partial charge in [-0.15, -0.1) is 0 Å². The highest BCUT2D eigenvalue weighted by molar-refractivity contribution is 4.96. The van der Waals surface area contributed by atoms with E-state index in [1.165, 1.54) is 7.11 Å². The van der Waals surface area contributed by atoms with Gasteiger partial charge in [0.15, 0.2) is 5.79 Å². The first-order valence-electron chi connectivity index (χ1n) is 6.39. The predicted octanol–water partition coefficient (Wildman–Crippen LogP) is 1.29. The summed E-state index contributed by atoms with van der Waals surface area (Å²) in [5.41, 5.74) is -0.573. The molecule has 0 radical (unpaired) electrons. The van der Waals surface area contributed by atoms with Crippen molar-refractivity contribution in [2.24, 2.45) is 0 Å². The molecule has 1 unspecified atom stereocenters. The van der Waals surface area contributed by atoms with Crippen LogP contribution in [0.5, 0.6) is 0 Å². The highest BCUT2D eigenvalue weighted by atomic mass is 16.7. The van der Waals surface area contributed by atoms with Gasteiger partial charge in [0.2, 0.25) is 0 Å². The molecule has 1 saturated heterocycles. The molecule has 0 aromatic rings. The number of hydrogen-bond acceptors (Lipinski definition) is 5. The standard InChI is InChI=1S/C13H27NO4/c1-11(2)7-10(15)8-12(3,4)14(11)18-9-13(5,16)17-6/h10,15-16H,7-9H2,1-6H3. The Hall–Kier alpha value is -0.200. The fourth-order valence-electron chi connectivity index (χ4n) is 2.80. The van der Waals surface area contributed by atoms with E-state index in [0.717, 1.165) is 0 Å². The molecule has 0 spiro atoms. The number of piperidine rings is 1. The molecule has 5 heteroatoms. The molecule has 0 saturated carbocycles. The Kier molecular flexibility index (Phi) is 4.45. The summed E-state index contributed by atoms with van der Waals surface area (Å²) in [7, 11) is 1.44. The van der Waals surface area contributed by atoms with Gasteiger partial charge in [-0.05, 0) is 47.5 Å². The van der Waals surface area contributed by atoms with Crippen molar-refractivity contribution in [1.82, 2.24) is 5.06 Å². The first kappa shape index (κ1) is 15.9. The minimum Gasteiger partial charge on any atom is -0.393 e. The molecule has 1 atom stereocenters. The number of rotatable bonds is 4. The van der Waals surface area contributed by atoms with E-state index in [9.17, 15) is 10.2 Å². The normalized spacial score (nSPS) is 28.0. The van der Waals surface area contributed by atoms with Crippen LogP contribution in [0.3, 0.4) is 0 Å². The van der Waals surface area contributed by atoms with Gasteiger partial charge in [0.1, 0.15) is 6.61 Å². The summed E-state index contributed by atoms with van der Waals surface area (Å²) >= 11 is 0. The van der Waals surface area contributed by atoms with Crippen molar-refractivity contribution in [2.75, 3.05) is 13.7 Å². The van der Waals surface area contributed by atoms with E-state index in [1.54, 1.807) is 6.92 Å². The van der Waals surface area contributed by atoms with E-state index in [-0.39, 0.29) is 23.8 Å². The van der Waals surface area contributed by atoms with Crippen molar-refractivity contribution in [1.29, 1.82) is 0 Å². The maximum absolute atomic E-state index is 9.92. The van der Waals surface area contributed by atoms with Gasteiger partial charge in [-0.1, -0.05) is 0 Å². The first-order chi connectivity index (χ1) is 8.00. The van der Waals surface area contributed by atoms with E-state index in [4.69, 9.17) is 9.57 Å². The van der Waals surface area contributed by atoms with Crippen molar-refractivity contribution in [2.45, 2.75) is 70.4 Å². The number of hydroxylamine groups is 2. The lowest BCUT2D eigenvalue weighted by molar-refractivity contribution is -0.332. The summed E-state index contributed by atoms with van der Waals surface area (Å²) in [6.45, 7) is 9.73. The number of ether oxygens (including phenoxy) is 1. The number of aliphatic hydroxyl groups excluding tert-OH is 1. The van der Waals surface area contributed by atoms with E-state index in [1.807, 2.05) is 32.8 Å². The van der Waals surface area contributed by atoms with E-state index in [0.29, 0.717) is 12.8 Å². The fraction of sp³-hybridized carbons (Fsp3) is 1.00. The van der Waals surface area contributed by atoms with Gasteiger partial charge >= 0.3 is 0 Å². The van der Waals surface area contributed by atoms with Crippen LogP contribution in [0.25, 0.3) is 0 Å². The second-order valence-corrected chi connectivity index (χ2v) is 6.63. The zero-order chi connectivity index (χ0) is 14.2. The Morgan fingerprint density at radius 2 is 1.67 bits per heavy atom. The van der Waals surface area contributed by atoms with Crippen molar-refractivity contribution >= 4 is 0 Å². The second-order valence-electron chi connectivity index (χ2n) is 6.63. The zero-order valence-electron chi connectivity index (χ0n) is 12.4. The highest BCUT2D eigenvalue weighted by Gasteiger charge is 2.46. The lowest BCUT2D eigenvalue weighted by atomic mass is 9.80. The molecule has 18 heavy (non-hydrogen) atoms. The Bertz CT molecular complexity index is 271. The van der Waals surface area contributed by atoms with Crippen molar-refractivity contribution in [3.8, 4) is 0 Å². The number of hydrogen-bond donors (Lipinski definition) is 2. The van der Waals surface area contributed by atoms with Crippen LogP contribution in [0.1, 0.15) is 47.5 Å². The summed E-state index contributed by atoms with van der Waals surface area (Å²) in [5.74, 6) is -1.30. The average Bonchev–Trinajstić information content (AvgIpc) is 2.12. The highest BCUT2D eigenvalue weighted by Crippen LogP contribution is 2.38. The number of nitrogens with zero attached hydrogens (tertiary/aromatic N) is 1. The zero-order valence-corrected chi connectivity index (χ0v) is 12.4. The monoisotopic (exact) mass is 261 g/mol. The van der Waals surface area contributed by atoms with Crippen LogP contribution in [0, 0.1) is 0 Å². The molecule has 1 rings (SSSR count). The molecule has 0 aromatic heterocycles. The molecule has 2 N–H and O–H groups in total. The maximum atomic E-state index is 9.92. The van der Waals surface area contributed by atoms with Gasteiger partial charge in [-0.25, -0.2) is 0 Å². The molecule has 1 heterocycles. The minimum absolute atomic E-state index is 0.0620. The summed E-state index contributed by atoms with van der Waals surface area (Å²) in [6, 6.07) is 0. The number of aliphatic hydroxyl groups is 2. The molecule has 0 aromatic carbocycles. The smallest absolute Gasteiger partial charge is 0.188 e. The van der Waals surface area contributed by atoms with Crippen molar-refractivity contribution in [3.05, 3.63) is 0 Å². The maximum Gasteiger partial charge on any atom is 0.188 e. The molecule has 0 amide bonds. The Balaban J connectivity index is 2.77. The number of methoxy groups -OCH3 is 1. The largest absolute Gasteiger partial charge is 0.393 e. The van der Waals surface area contributed by atoms with Gasteiger partial charge in [0.05, 0.1) is 6.10 Å². The van der Waals surface area contributed by atoms with Gasteiger partial charge in [-0.2, -0.15) is 5.06 Å². The SMILES string of the molecule is COC(C)(O)CON1C(C)(C)CC(O)CC1(C)C. The summed E-state index contributed by atoms with van der Waals surface area (Å²) in [5, 5.41) is 21.6. The van der Waals surface area contributed by atoms with Crippen molar-refractivity contribution < 1.29 is 19.8 Å². The van der Waals surface area contributed by atoms with Gasteiger partial charge in [0.25, 0.3) is 0 Å². The van der Waals surface area contributed by atoms with E-state index in [2.05, 4.69) is 0 Å². The molecule has 1 aliphatic rings. The first-order valence-corrected chi connectivity index (χ1v) is 6.39. The third kappa shape index (κ3) is 3.65. The summed E-state index contributed by atoms with van der Waals surface area (Å²) in [6.07, 6.45) is 0.967. The third-order valence-electron chi connectivity index (χ3n) is 3.47. The van der Waals surface area contributed by atoms with Gasteiger partial charge in [0, 0.05) is 18.2 Å². The molecule has 5 nitrogen and oxygen atoms in total. The van der Waals surface area contributed by atoms with Crippen LogP contribution in [0.4, 0.5) is 0 Å². The predicted molar refractivity (Wildman–Crippen MR) is 68.8 cm³/mol. The lowest BCUT2D eigenvalue weighted by Gasteiger charge is -2.53. The third-order valence-corrected chi connectivity index (χ3v) is 3.47. The van der Waals surface area contributed by atoms with Crippen LogP contribution < -0.4 is 0 Å². The van der Waals surface area contributed by atoms with Gasteiger partial charge in [-0.3, -0.25) is 4.84 Å². The van der Waals surface area contributed by atoms with Crippen LogP contribution >= 0.6 is 0 Å². The van der Waals surface area contributed by atoms with Crippen LogP contribution in [0.2, 0.25) is 0 Å². The second kappa shape index (κ2) is 5.06. The molecule has 0 bridgehead atoms. The quantitative estimate of drug-likeness (QED) is 0.747. The Morgan fingerprint density at radius 1 is 1.22 bits per heavy atom. The fourth-order valence-corrected chi connectivity index (χ4v) is 2.80. The minimum atomic E-state index is -1.30. The molecular formula is C13H27NO4. The van der Waals surface area contributed by atoms with Crippen LogP contribution in [0.15, 0.2) is 0 Å². The molecular weight excluding hydrogens is 234 g/mol. The molecule has 1 fully saturated rings. The van der Waals surface area contributed by atoms with Crippen LogP contribution in [-0.2, 0) is 9.57 Å². The van der Waals surface area contributed by atoms with Crippen LogP contribution in [-0.4, -0.2) is 52.0 Å². The molecule has 1 aliphatic heterocycles. The Morgan fingerprint density at radius 3 is 2.06 bits per heavy atom. The summed E-state index contributed by atoms with van der Waals surface area (Å²) in [4.78, 5) is 5.76.